The van der Waals surface area contributed by atoms with Crippen molar-refractivity contribution in [2.24, 2.45) is 45.3 Å². The van der Waals surface area contributed by atoms with E-state index in [1.54, 1.807) is 0 Å². The maximum atomic E-state index is 14.8. The van der Waals surface area contributed by atoms with Crippen molar-refractivity contribution >= 4 is 22.3 Å². The summed E-state index contributed by atoms with van der Waals surface area (Å²) in [4.78, 5) is 27.6. The Morgan fingerprint density at radius 1 is 0.714 bits per heavy atom. The molecule has 0 aromatic heterocycles. The Kier molecular flexibility index (Phi) is 22.9. The molecule has 6 heterocycles. The maximum Gasteiger partial charge on any atom is 1.00 e. The number of aliphatic hydroxyl groups excluding tert-OH is 10. The van der Waals surface area contributed by atoms with Crippen molar-refractivity contribution in [3.63, 3.8) is 0 Å². The summed E-state index contributed by atoms with van der Waals surface area (Å²) in [6.07, 6.45) is -31.2. The van der Waals surface area contributed by atoms with E-state index in [-0.39, 0.29) is 58.7 Å². The van der Waals surface area contributed by atoms with Gasteiger partial charge in [-0.05, 0) is 93.8 Å². The number of allylic oxidation sites excluding steroid dienone is 2. The fourth-order valence-corrected chi connectivity index (χ4v) is 18.1. The monoisotopic (exact) mass is 1330 g/mol. The summed E-state index contributed by atoms with van der Waals surface area (Å²) >= 11 is 0. The number of methoxy groups -OCH3 is 1. The summed E-state index contributed by atoms with van der Waals surface area (Å²) in [6.45, 7) is 15.1. The number of ether oxygens (including phenoxy) is 13. The number of fused-ring (bicyclic) bond motifs is 4. The van der Waals surface area contributed by atoms with Crippen LogP contribution in [0, 0.1) is 45.3 Å². The van der Waals surface area contributed by atoms with Crippen LogP contribution in [-0.4, -0.2) is 263 Å². The summed E-state index contributed by atoms with van der Waals surface area (Å²) in [5.41, 5.74) is -2.39. The van der Waals surface area contributed by atoms with Gasteiger partial charge in [0.1, 0.15) is 109 Å². The Balaban J connectivity index is 0.00000980. The van der Waals surface area contributed by atoms with Gasteiger partial charge in [-0.25, -0.2) is 8.42 Å². The topological polar surface area (TPSA) is 423 Å². The first-order chi connectivity index (χ1) is 42.2. The van der Waals surface area contributed by atoms with Crippen LogP contribution < -0.4 is 29.6 Å². The Morgan fingerprint density at radius 3 is 1.98 bits per heavy atom. The molecule has 6 saturated heterocycles. The van der Waals surface area contributed by atoms with E-state index in [4.69, 9.17) is 65.8 Å². The number of aliphatic hydroxyl groups is 10. The van der Waals surface area contributed by atoms with Crippen molar-refractivity contribution in [1.82, 2.24) is 0 Å². The second kappa shape index (κ2) is 28.1. The molecule has 0 aromatic carbocycles. The van der Waals surface area contributed by atoms with E-state index in [2.05, 4.69) is 47.6 Å². The number of cyclic esters (lactones) is 1. The van der Waals surface area contributed by atoms with Crippen molar-refractivity contribution in [2.45, 2.75) is 273 Å². The van der Waals surface area contributed by atoms with Crippen LogP contribution in [0.1, 0.15) is 120 Å². The van der Waals surface area contributed by atoms with E-state index in [1.807, 2.05) is 6.92 Å². The molecule has 3 saturated carbocycles. The summed E-state index contributed by atoms with van der Waals surface area (Å²) in [6, 6.07) is 0. The van der Waals surface area contributed by atoms with Crippen LogP contribution in [0.5, 0.6) is 0 Å². The third kappa shape index (κ3) is 13.6. The second-order valence-corrected chi connectivity index (χ2v) is 29.4. The first-order valence-corrected chi connectivity index (χ1v) is 32.9. The molecule has 0 radical (unpaired) electrons. The molecule has 1 unspecified atom stereocenters. The van der Waals surface area contributed by atoms with Crippen LogP contribution in [0.3, 0.4) is 0 Å². The van der Waals surface area contributed by atoms with Gasteiger partial charge in [0.25, 0.3) is 0 Å². The van der Waals surface area contributed by atoms with Crippen LogP contribution in [0.15, 0.2) is 11.6 Å². The fourth-order valence-electron chi connectivity index (χ4n) is 17.7. The van der Waals surface area contributed by atoms with Crippen LogP contribution in [0.2, 0.25) is 0 Å². The Bertz CT molecular complexity index is 2680. The van der Waals surface area contributed by atoms with Crippen molar-refractivity contribution in [2.75, 3.05) is 33.5 Å². The number of esters is 2. The van der Waals surface area contributed by atoms with Gasteiger partial charge >= 0.3 is 41.5 Å². The molecule has 0 aromatic rings. The van der Waals surface area contributed by atoms with Crippen LogP contribution >= 0.6 is 0 Å². The van der Waals surface area contributed by atoms with Gasteiger partial charge < -0.3 is 117 Å². The minimum atomic E-state index is -5.51. The van der Waals surface area contributed by atoms with E-state index in [9.17, 15) is 73.6 Å². The predicted octanol–water partition coefficient (Wildman–Crippen LogP) is -4.18. The number of carbonyl (C=O) groups excluding carboxylic acids is 2. The number of rotatable bonds is 19. The van der Waals surface area contributed by atoms with Gasteiger partial charge in [-0.1, -0.05) is 59.6 Å². The molecular formula is C60H95NaO29S. The molecule has 10 N–H and O–H groups in total. The first kappa shape index (κ1) is 73.9. The smallest absolute Gasteiger partial charge is 0.726 e. The Morgan fingerprint density at radius 2 is 1.33 bits per heavy atom. The largest absolute Gasteiger partial charge is 1.00 e. The normalized spacial score (nSPS) is 49.7. The molecule has 0 amide bonds. The summed E-state index contributed by atoms with van der Waals surface area (Å²) in [5, 5.41) is 111. The third-order valence-corrected chi connectivity index (χ3v) is 22.6. The predicted molar refractivity (Wildman–Crippen MR) is 301 cm³/mol. The van der Waals surface area contributed by atoms with Gasteiger partial charge in [-0.2, -0.15) is 0 Å². The van der Waals surface area contributed by atoms with E-state index in [1.165, 1.54) is 21.0 Å². The van der Waals surface area contributed by atoms with Crippen molar-refractivity contribution < 1.29 is 169 Å². The SMILES string of the molecule is CO[C@@H]1[C@@H](O)[C@H](O[C@@H]2[C@@H](O)[C@H](O[C@H]3[C@H](O)[C@@H](O[C@@H]4OC[C@@H](O)[C@H](O)[C@H]4O)[C@H](O[C@H]4[C@H](OC5CC[C@]6(C)[C@H]7CC[C@]89C(=O)O[C@@](C)(CCCC(C)C)[C@H]8[C@@H](OC(C)=O)C[C@@]9(C)C7=CC[C@H]6C5(C)C)OC[C@@H](OS(=O)(=O)[O-])[C@@H]4O)O[C@@H]3C)OC[C@H]2O)O[C@H](CO)[C@H]1O.[Na+]. The second-order valence-electron chi connectivity index (χ2n) is 28.4. The molecule has 4 aliphatic carbocycles. The van der Waals surface area contributed by atoms with E-state index in [0.717, 1.165) is 18.4 Å². The first-order valence-electron chi connectivity index (χ1n) is 31.6. The van der Waals surface area contributed by atoms with Gasteiger partial charge in [0, 0.05) is 19.4 Å². The van der Waals surface area contributed by atoms with Crippen molar-refractivity contribution in [1.29, 1.82) is 0 Å². The molecule has 10 aliphatic rings. The van der Waals surface area contributed by atoms with Crippen molar-refractivity contribution in [3.05, 3.63) is 11.6 Å². The zero-order chi connectivity index (χ0) is 65.7. The fraction of sp³-hybridized carbons (Fsp3) is 0.933. The molecule has 9 fully saturated rings. The molecule has 29 nitrogen and oxygen atoms in total. The van der Waals surface area contributed by atoms with Crippen LogP contribution in [0.25, 0.3) is 0 Å². The Labute approximate surface area is 552 Å². The van der Waals surface area contributed by atoms with Crippen LogP contribution in [-0.2, 0) is 85.8 Å². The summed E-state index contributed by atoms with van der Waals surface area (Å²) in [7, 11) is -4.32. The maximum absolute atomic E-state index is 14.8. The van der Waals surface area contributed by atoms with Gasteiger partial charge in [0.15, 0.2) is 31.5 Å². The molecular weight excluding hydrogens is 1240 g/mol. The molecule has 31 atom stereocenters. The van der Waals surface area contributed by atoms with E-state index in [0.29, 0.717) is 50.9 Å². The van der Waals surface area contributed by atoms with E-state index < -0.39 is 212 Å². The zero-order valence-corrected chi connectivity index (χ0v) is 56.4. The van der Waals surface area contributed by atoms with Crippen molar-refractivity contribution in [3.8, 4) is 0 Å². The molecule has 31 heteroatoms. The molecule has 0 bridgehead atoms. The summed E-state index contributed by atoms with van der Waals surface area (Å²) < 4.78 is 120. The van der Waals surface area contributed by atoms with Crippen LogP contribution in [0.4, 0.5) is 0 Å². The van der Waals surface area contributed by atoms with Gasteiger partial charge in [-0.15, -0.1) is 0 Å². The molecule has 91 heavy (non-hydrogen) atoms. The van der Waals surface area contributed by atoms with E-state index >= 15 is 0 Å². The average Bonchev–Trinajstić information content (AvgIpc) is 1.53. The standard InChI is InChI=1S/C60H96O29S.Na/c1-25(2)12-11-17-59(9)49-32(81-27(4)62)20-58(8)29-13-14-35-56(5,6)36(16-18-57(35,7)28(29)15-19-60(49,58)55(72)88-59)83-53-47(39(67)34(24-79-53)89-90(73,74)75)87-54-48(86-50-40(68)37(65)30(63)22-77-50)41(69)44(26(3)80-54)84-51-42(70)45(31(64)23-78-51)85-52-43(71)46(76-10)38(66)33(21-61)82-52;/h13,25-26,28,30-54,61,63-71H,11-12,14-24H2,1-10H3,(H,73,74,75);/q;+1/p-1/t26-,28+,30-,31-,32+,33-,34-,35+,36?,37+,38-,39+,40-,41+,42-,43-,44-,45+,46+,47-,48-,49-,50+,51+,52+,53+,54+,57-,58+,59+,60-;/m1./s1. The molecule has 6 aliphatic heterocycles. The minimum absolute atomic E-state index is 0. The number of hydrogen-bond donors (Lipinski definition) is 10. The van der Waals surface area contributed by atoms with Gasteiger partial charge in [0.05, 0.1) is 50.0 Å². The minimum Gasteiger partial charge on any atom is -0.726 e. The van der Waals surface area contributed by atoms with Gasteiger partial charge in [0.2, 0.25) is 10.4 Å². The quantitative estimate of drug-likeness (QED) is 0.0193. The molecule has 1 spiro atoms. The summed E-state index contributed by atoms with van der Waals surface area (Å²) in [5.74, 6) is -0.646. The third-order valence-electron chi connectivity index (χ3n) is 22.1. The Hall–Kier alpha value is -1.29. The number of carbonyl (C=O) groups is 2. The number of hydrogen-bond acceptors (Lipinski definition) is 29. The zero-order valence-electron chi connectivity index (χ0n) is 53.6. The van der Waals surface area contributed by atoms with Gasteiger partial charge in [-0.3, -0.25) is 13.8 Å². The molecule has 516 valence electrons. The molecule has 10 rings (SSSR count). The average molecular weight is 1340 g/mol.